The van der Waals surface area contributed by atoms with Crippen molar-refractivity contribution >= 4 is 17.5 Å². The molecule has 0 spiro atoms. The number of aromatic nitrogens is 2. The van der Waals surface area contributed by atoms with E-state index in [4.69, 9.17) is 9.84 Å². The van der Waals surface area contributed by atoms with Crippen LogP contribution in [0.15, 0.2) is 6.33 Å². The molecule has 21 heavy (non-hydrogen) atoms. The van der Waals surface area contributed by atoms with E-state index < -0.39 is 16.8 Å². The molecule has 1 aliphatic rings. The highest BCUT2D eigenvalue weighted by Crippen LogP contribution is 2.35. The highest BCUT2D eigenvalue weighted by molar-refractivity contribution is 5.71. The van der Waals surface area contributed by atoms with Crippen molar-refractivity contribution in [2.75, 3.05) is 24.6 Å². The van der Waals surface area contributed by atoms with E-state index in [-0.39, 0.29) is 24.0 Å². The SMILES string of the molecule is CCOc1ncnc(N2CCC(C(=O)O)CC2)c1[N+](=O)[O-]. The fourth-order valence-electron chi connectivity index (χ4n) is 2.33. The third kappa shape index (κ3) is 3.18. The second-order valence-corrected chi connectivity index (χ2v) is 4.64. The van der Waals surface area contributed by atoms with E-state index in [9.17, 15) is 14.9 Å². The first-order valence-electron chi connectivity index (χ1n) is 6.64. The summed E-state index contributed by atoms with van der Waals surface area (Å²) in [5.74, 6) is -1.12. The summed E-state index contributed by atoms with van der Waals surface area (Å²) in [7, 11) is 0. The molecule has 1 fully saturated rings. The van der Waals surface area contributed by atoms with Crippen LogP contribution >= 0.6 is 0 Å². The second kappa shape index (κ2) is 6.33. The van der Waals surface area contributed by atoms with E-state index in [0.29, 0.717) is 25.9 Å². The monoisotopic (exact) mass is 296 g/mol. The van der Waals surface area contributed by atoms with Crippen molar-refractivity contribution in [2.45, 2.75) is 19.8 Å². The van der Waals surface area contributed by atoms with Gasteiger partial charge in [-0.05, 0) is 19.8 Å². The summed E-state index contributed by atoms with van der Waals surface area (Å²) in [5, 5.41) is 20.2. The lowest BCUT2D eigenvalue weighted by molar-refractivity contribution is -0.385. The Morgan fingerprint density at radius 1 is 1.52 bits per heavy atom. The topological polar surface area (TPSA) is 119 Å². The molecule has 2 rings (SSSR count). The van der Waals surface area contributed by atoms with E-state index in [1.165, 1.54) is 6.33 Å². The Labute approximate surface area is 120 Å². The number of aliphatic carboxylic acids is 1. The number of anilines is 1. The molecule has 1 N–H and O–H groups in total. The van der Waals surface area contributed by atoms with Gasteiger partial charge in [-0.15, -0.1) is 0 Å². The van der Waals surface area contributed by atoms with Crippen LogP contribution in [-0.4, -0.2) is 45.7 Å². The van der Waals surface area contributed by atoms with Gasteiger partial charge in [-0.2, -0.15) is 4.98 Å². The van der Waals surface area contributed by atoms with Crippen molar-refractivity contribution in [3.63, 3.8) is 0 Å². The summed E-state index contributed by atoms with van der Waals surface area (Å²) in [4.78, 5) is 31.1. The Morgan fingerprint density at radius 2 is 2.19 bits per heavy atom. The van der Waals surface area contributed by atoms with Gasteiger partial charge in [0.05, 0.1) is 17.4 Å². The first kappa shape index (κ1) is 14.9. The number of rotatable bonds is 5. The molecule has 9 nitrogen and oxygen atoms in total. The van der Waals surface area contributed by atoms with Crippen molar-refractivity contribution in [2.24, 2.45) is 5.92 Å². The Hall–Kier alpha value is -2.45. The average molecular weight is 296 g/mol. The molecule has 0 atom stereocenters. The number of carboxylic acid groups (broad SMARTS) is 1. The number of ether oxygens (including phenoxy) is 1. The lowest BCUT2D eigenvalue weighted by Gasteiger charge is -2.30. The van der Waals surface area contributed by atoms with E-state index in [1.807, 2.05) is 0 Å². The predicted molar refractivity (Wildman–Crippen MR) is 72.4 cm³/mol. The van der Waals surface area contributed by atoms with Crippen LogP contribution in [0.2, 0.25) is 0 Å². The quantitative estimate of drug-likeness (QED) is 0.633. The second-order valence-electron chi connectivity index (χ2n) is 4.64. The molecule has 0 unspecified atom stereocenters. The smallest absolute Gasteiger partial charge is 0.372 e. The minimum absolute atomic E-state index is 0.0622. The number of piperidine rings is 1. The molecule has 0 aromatic carbocycles. The van der Waals surface area contributed by atoms with E-state index in [0.717, 1.165) is 0 Å². The maximum absolute atomic E-state index is 11.3. The fourth-order valence-corrected chi connectivity index (χ4v) is 2.33. The highest BCUT2D eigenvalue weighted by Gasteiger charge is 2.32. The molecule has 0 amide bonds. The van der Waals surface area contributed by atoms with Gasteiger partial charge in [-0.3, -0.25) is 14.9 Å². The number of hydrogen-bond donors (Lipinski definition) is 1. The zero-order valence-corrected chi connectivity index (χ0v) is 11.6. The largest absolute Gasteiger partial charge is 0.481 e. The first-order chi connectivity index (χ1) is 10.0. The van der Waals surface area contributed by atoms with Gasteiger partial charge >= 0.3 is 11.7 Å². The molecule has 1 saturated heterocycles. The molecule has 0 radical (unpaired) electrons. The summed E-state index contributed by atoms with van der Waals surface area (Å²) >= 11 is 0. The van der Waals surface area contributed by atoms with Crippen LogP contribution in [0.3, 0.4) is 0 Å². The number of carbonyl (C=O) groups is 1. The lowest BCUT2D eigenvalue weighted by atomic mass is 9.97. The van der Waals surface area contributed by atoms with Gasteiger partial charge in [0, 0.05) is 13.1 Å². The number of hydrogen-bond acceptors (Lipinski definition) is 7. The Morgan fingerprint density at radius 3 is 2.71 bits per heavy atom. The van der Waals surface area contributed by atoms with E-state index in [2.05, 4.69) is 9.97 Å². The van der Waals surface area contributed by atoms with Gasteiger partial charge in [-0.25, -0.2) is 4.98 Å². The average Bonchev–Trinajstić information content (AvgIpc) is 2.47. The summed E-state index contributed by atoms with van der Waals surface area (Å²) in [5.41, 5.74) is -0.270. The molecular formula is C12H16N4O5. The van der Waals surface area contributed by atoms with Crippen LogP contribution in [0, 0.1) is 16.0 Å². The standard InChI is InChI=1S/C12H16N4O5/c1-2-21-11-9(16(19)20)10(13-7-14-11)15-5-3-8(4-6-15)12(17)18/h7-8H,2-6H2,1H3,(H,17,18). The maximum Gasteiger partial charge on any atom is 0.372 e. The number of nitro groups is 1. The zero-order valence-electron chi connectivity index (χ0n) is 11.6. The van der Waals surface area contributed by atoms with Crippen molar-refractivity contribution in [3.8, 4) is 5.88 Å². The number of nitrogens with zero attached hydrogens (tertiary/aromatic N) is 4. The van der Waals surface area contributed by atoms with E-state index >= 15 is 0 Å². The Bertz CT molecular complexity index is 542. The summed E-state index contributed by atoms with van der Waals surface area (Å²) in [6.07, 6.45) is 2.08. The molecule has 114 valence electrons. The van der Waals surface area contributed by atoms with Gasteiger partial charge < -0.3 is 14.7 Å². The van der Waals surface area contributed by atoms with Crippen LogP contribution in [0.25, 0.3) is 0 Å². The molecule has 1 aromatic rings. The van der Waals surface area contributed by atoms with Gasteiger partial charge in [0.1, 0.15) is 6.33 Å². The normalized spacial score (nSPS) is 15.8. The molecule has 1 aromatic heterocycles. The predicted octanol–water partition coefficient (Wildman–Crippen LogP) is 1.08. The lowest BCUT2D eigenvalue weighted by Crippen LogP contribution is -2.37. The van der Waals surface area contributed by atoms with Gasteiger partial charge in [-0.1, -0.05) is 0 Å². The molecule has 0 aliphatic carbocycles. The minimum Gasteiger partial charge on any atom is -0.481 e. The molecular weight excluding hydrogens is 280 g/mol. The van der Waals surface area contributed by atoms with Crippen molar-refractivity contribution < 1.29 is 19.6 Å². The summed E-state index contributed by atoms with van der Waals surface area (Å²) in [6, 6.07) is 0. The fraction of sp³-hybridized carbons (Fsp3) is 0.583. The van der Waals surface area contributed by atoms with Crippen LogP contribution in [0.1, 0.15) is 19.8 Å². The third-order valence-electron chi connectivity index (χ3n) is 3.38. The molecule has 9 heteroatoms. The maximum atomic E-state index is 11.3. The van der Waals surface area contributed by atoms with Gasteiger partial charge in [0.25, 0.3) is 5.88 Å². The van der Waals surface area contributed by atoms with E-state index in [1.54, 1.807) is 11.8 Å². The molecule has 0 saturated carbocycles. The summed E-state index contributed by atoms with van der Waals surface area (Å²) in [6.45, 7) is 2.78. The van der Waals surface area contributed by atoms with Crippen LogP contribution in [0.4, 0.5) is 11.5 Å². The van der Waals surface area contributed by atoms with Crippen LogP contribution < -0.4 is 9.64 Å². The summed E-state index contributed by atoms with van der Waals surface area (Å²) < 4.78 is 5.18. The van der Waals surface area contributed by atoms with Crippen molar-refractivity contribution in [3.05, 3.63) is 16.4 Å². The van der Waals surface area contributed by atoms with Gasteiger partial charge in [0.15, 0.2) is 0 Å². The molecule has 2 heterocycles. The Kier molecular flexibility index (Phi) is 4.51. The van der Waals surface area contributed by atoms with Crippen molar-refractivity contribution in [1.82, 2.24) is 9.97 Å². The molecule has 1 aliphatic heterocycles. The van der Waals surface area contributed by atoms with Crippen molar-refractivity contribution in [1.29, 1.82) is 0 Å². The highest BCUT2D eigenvalue weighted by atomic mass is 16.6. The van der Waals surface area contributed by atoms with Crippen LogP contribution in [-0.2, 0) is 4.79 Å². The minimum atomic E-state index is -0.832. The Balaban J connectivity index is 2.26. The van der Waals surface area contributed by atoms with Crippen LogP contribution in [0.5, 0.6) is 5.88 Å². The number of carboxylic acids is 1. The zero-order chi connectivity index (χ0) is 15.4. The molecule has 0 bridgehead atoms. The van der Waals surface area contributed by atoms with Gasteiger partial charge in [0.2, 0.25) is 5.82 Å². The first-order valence-corrected chi connectivity index (χ1v) is 6.64. The third-order valence-corrected chi connectivity index (χ3v) is 3.38.